The van der Waals surface area contributed by atoms with Gasteiger partial charge in [-0.15, -0.1) is 30.5 Å². The van der Waals surface area contributed by atoms with Crippen molar-refractivity contribution < 1.29 is 19.8 Å². The van der Waals surface area contributed by atoms with Gasteiger partial charge >= 0.3 is 0 Å². The first-order valence-electron chi connectivity index (χ1n) is 7.24. The van der Waals surface area contributed by atoms with Crippen molar-refractivity contribution in [1.82, 2.24) is 9.97 Å². The van der Waals surface area contributed by atoms with Crippen LogP contribution in [0.25, 0.3) is 0 Å². The van der Waals surface area contributed by atoms with E-state index in [9.17, 15) is 20.2 Å². The summed E-state index contributed by atoms with van der Waals surface area (Å²) in [7, 11) is 0. The maximum absolute atomic E-state index is 10.2. The largest absolute Gasteiger partial charge is 0.314 e. The van der Waals surface area contributed by atoms with E-state index < -0.39 is 10.2 Å². The second kappa shape index (κ2) is 9.10. The summed E-state index contributed by atoms with van der Waals surface area (Å²) >= 11 is 2.53. The maximum atomic E-state index is 10.2. The fourth-order valence-electron chi connectivity index (χ4n) is 1.89. The third-order valence-electron chi connectivity index (χ3n) is 3.04. The van der Waals surface area contributed by atoms with Crippen molar-refractivity contribution in [2.45, 2.75) is 26.7 Å². The van der Waals surface area contributed by atoms with Crippen molar-refractivity contribution in [2.24, 2.45) is 10.2 Å². The van der Waals surface area contributed by atoms with Crippen molar-refractivity contribution >= 4 is 32.9 Å². The second-order valence-electron chi connectivity index (χ2n) is 4.82. The van der Waals surface area contributed by atoms with Crippen molar-refractivity contribution in [1.29, 1.82) is 0 Å². The number of nitrogens with zero attached hydrogens (tertiary/aromatic N) is 6. The lowest BCUT2D eigenvalue weighted by atomic mass is 10.3. The molecule has 0 aromatic carbocycles. The van der Waals surface area contributed by atoms with Gasteiger partial charge in [-0.25, -0.2) is 9.97 Å². The molecule has 2 aromatic rings. The standard InChI is InChI=1S/C12H14N6O6S2/c1-7-9(3-5-23-17(19)20)25-11(13-7)15-16-12-14-8(2)10(26-12)4-6-24-18(21)22/h3-6H2,1-2H3. The Kier molecular flexibility index (Phi) is 6.85. The molecular weight excluding hydrogens is 388 g/mol. The lowest BCUT2D eigenvalue weighted by molar-refractivity contribution is -0.757. The van der Waals surface area contributed by atoms with Crippen LogP contribution in [0.3, 0.4) is 0 Å². The van der Waals surface area contributed by atoms with Gasteiger partial charge in [-0.05, 0) is 13.8 Å². The Morgan fingerprint density at radius 3 is 1.62 bits per heavy atom. The molecule has 0 saturated heterocycles. The Morgan fingerprint density at radius 2 is 1.27 bits per heavy atom. The van der Waals surface area contributed by atoms with Crippen LogP contribution < -0.4 is 0 Å². The molecule has 12 nitrogen and oxygen atoms in total. The highest BCUT2D eigenvalue weighted by Crippen LogP contribution is 2.30. The monoisotopic (exact) mass is 402 g/mol. The molecule has 0 bridgehead atoms. The van der Waals surface area contributed by atoms with Gasteiger partial charge < -0.3 is 9.68 Å². The van der Waals surface area contributed by atoms with Crippen LogP contribution in [-0.2, 0) is 22.5 Å². The molecule has 0 aliphatic rings. The smallest absolute Gasteiger partial charge is 0.294 e. The highest BCUT2D eigenvalue weighted by Gasteiger charge is 2.10. The van der Waals surface area contributed by atoms with Crippen molar-refractivity contribution in [3.63, 3.8) is 0 Å². The van der Waals surface area contributed by atoms with Gasteiger partial charge in [0.2, 0.25) is 10.3 Å². The third-order valence-corrected chi connectivity index (χ3v) is 5.24. The first-order valence-corrected chi connectivity index (χ1v) is 8.87. The fourth-order valence-corrected chi connectivity index (χ4v) is 3.61. The van der Waals surface area contributed by atoms with Gasteiger partial charge in [0.1, 0.15) is 13.2 Å². The number of thiazole rings is 2. The van der Waals surface area contributed by atoms with Crippen LogP contribution in [0, 0.1) is 34.1 Å². The van der Waals surface area contributed by atoms with E-state index in [0.29, 0.717) is 34.5 Å². The van der Waals surface area contributed by atoms with Crippen LogP contribution in [0.15, 0.2) is 10.2 Å². The average molecular weight is 402 g/mol. The van der Waals surface area contributed by atoms with Crippen LogP contribution in [0.5, 0.6) is 0 Å². The summed E-state index contributed by atoms with van der Waals surface area (Å²) < 4.78 is 0. The SMILES string of the molecule is Cc1nc(N=Nc2nc(C)c(CCO[N+](=O)[O-])s2)sc1CCO[N+](=O)[O-]. The van der Waals surface area contributed by atoms with Crippen molar-refractivity contribution in [2.75, 3.05) is 13.2 Å². The summed E-state index contributed by atoms with van der Waals surface area (Å²) in [5, 5.41) is 27.5. The minimum atomic E-state index is -0.837. The summed E-state index contributed by atoms with van der Waals surface area (Å²) in [5.74, 6) is 0. The number of rotatable bonds is 10. The topological polar surface area (TPSA) is 155 Å². The zero-order valence-corrected chi connectivity index (χ0v) is 15.4. The van der Waals surface area contributed by atoms with E-state index in [0.717, 1.165) is 9.75 Å². The van der Waals surface area contributed by atoms with Crippen LogP contribution in [0.4, 0.5) is 10.3 Å². The third kappa shape index (κ3) is 5.96. The van der Waals surface area contributed by atoms with Gasteiger partial charge in [0.25, 0.3) is 10.2 Å². The normalized spacial score (nSPS) is 11.0. The fraction of sp³-hybridized carbons (Fsp3) is 0.500. The van der Waals surface area contributed by atoms with Crippen molar-refractivity contribution in [3.05, 3.63) is 41.4 Å². The van der Waals surface area contributed by atoms with Gasteiger partial charge in [-0.3, -0.25) is 0 Å². The van der Waals surface area contributed by atoms with Crippen LogP contribution in [-0.4, -0.2) is 33.4 Å². The number of aryl methyl sites for hydroxylation is 2. The lowest BCUT2D eigenvalue weighted by Crippen LogP contribution is -2.04. The van der Waals surface area contributed by atoms with E-state index in [1.807, 2.05) is 0 Å². The Bertz CT molecular complexity index is 753. The van der Waals surface area contributed by atoms with E-state index >= 15 is 0 Å². The lowest BCUT2D eigenvalue weighted by Gasteiger charge is -1.96. The Labute approximate surface area is 154 Å². The van der Waals surface area contributed by atoms with E-state index in [1.165, 1.54) is 22.7 Å². The number of hydrogen-bond donors (Lipinski definition) is 0. The minimum absolute atomic E-state index is 0.0477. The number of azo groups is 1. The van der Waals surface area contributed by atoms with Crippen LogP contribution >= 0.6 is 22.7 Å². The van der Waals surface area contributed by atoms with Gasteiger partial charge in [-0.1, -0.05) is 22.7 Å². The molecule has 2 heterocycles. The summed E-state index contributed by atoms with van der Waals surface area (Å²) in [5.41, 5.74) is 1.42. The summed E-state index contributed by atoms with van der Waals surface area (Å²) in [6.07, 6.45) is 0.716. The molecule has 2 aromatic heterocycles. The molecule has 0 aliphatic heterocycles. The minimum Gasteiger partial charge on any atom is -0.314 e. The molecule has 0 N–H and O–H groups in total. The highest BCUT2D eigenvalue weighted by atomic mass is 32.1. The molecule has 0 aliphatic carbocycles. The van der Waals surface area contributed by atoms with E-state index in [1.54, 1.807) is 13.8 Å². The molecule has 0 amide bonds. The summed E-state index contributed by atoms with van der Waals surface area (Å²) in [4.78, 5) is 39.0. The molecule has 26 heavy (non-hydrogen) atoms. The Hall–Kier alpha value is -2.74. The molecule has 0 atom stereocenters. The molecule has 0 spiro atoms. The first-order chi connectivity index (χ1) is 12.3. The van der Waals surface area contributed by atoms with Gasteiger partial charge in [0.05, 0.1) is 11.4 Å². The Balaban J connectivity index is 1.97. The average Bonchev–Trinajstić information content (AvgIpc) is 3.08. The van der Waals surface area contributed by atoms with Crippen molar-refractivity contribution in [3.8, 4) is 0 Å². The number of hydrogen-bond acceptors (Lipinski definition) is 12. The van der Waals surface area contributed by atoms with E-state index in [-0.39, 0.29) is 13.2 Å². The highest BCUT2D eigenvalue weighted by molar-refractivity contribution is 7.15. The zero-order chi connectivity index (χ0) is 19.1. The molecule has 14 heteroatoms. The van der Waals surface area contributed by atoms with E-state index in [2.05, 4.69) is 29.9 Å². The molecular formula is C12H14N6O6S2. The molecule has 140 valence electrons. The van der Waals surface area contributed by atoms with Crippen LogP contribution in [0.1, 0.15) is 21.1 Å². The van der Waals surface area contributed by atoms with Gasteiger partial charge in [0, 0.05) is 22.6 Å². The predicted molar refractivity (Wildman–Crippen MR) is 91.2 cm³/mol. The van der Waals surface area contributed by atoms with Crippen LogP contribution in [0.2, 0.25) is 0 Å². The molecule has 0 radical (unpaired) electrons. The second-order valence-corrected chi connectivity index (χ2v) is 6.95. The summed E-state index contributed by atoms with van der Waals surface area (Å²) in [6, 6.07) is 0. The molecule has 0 fully saturated rings. The van der Waals surface area contributed by atoms with Gasteiger partial charge in [0.15, 0.2) is 0 Å². The number of aromatic nitrogens is 2. The summed E-state index contributed by atoms with van der Waals surface area (Å²) in [6.45, 7) is 3.46. The quantitative estimate of drug-likeness (QED) is 0.333. The van der Waals surface area contributed by atoms with E-state index in [4.69, 9.17) is 0 Å². The molecule has 2 rings (SSSR count). The molecule has 0 saturated carbocycles. The van der Waals surface area contributed by atoms with Gasteiger partial charge in [-0.2, -0.15) is 0 Å². The zero-order valence-electron chi connectivity index (χ0n) is 13.8. The predicted octanol–water partition coefficient (Wildman–Crippen LogP) is 3.13. The first kappa shape index (κ1) is 19.6. The maximum Gasteiger partial charge on any atom is 0.294 e. The molecule has 0 unspecified atom stereocenters. The Morgan fingerprint density at radius 1 is 0.885 bits per heavy atom.